The first-order valence-electron chi connectivity index (χ1n) is 19.0. The molecule has 0 spiro atoms. The molecular formula is C46H69N. The van der Waals surface area contributed by atoms with E-state index in [2.05, 4.69) is 146 Å². The van der Waals surface area contributed by atoms with Crippen LogP contribution in [0.15, 0.2) is 114 Å². The molecule has 1 heterocycles. The fourth-order valence-corrected chi connectivity index (χ4v) is 7.63. The zero-order valence-electron chi connectivity index (χ0n) is 31.7. The molecule has 2 aromatic carbocycles. The first-order chi connectivity index (χ1) is 22.7. The van der Waals surface area contributed by atoms with Crippen LogP contribution in [0.1, 0.15) is 149 Å². The van der Waals surface area contributed by atoms with Gasteiger partial charge in [0.2, 0.25) is 0 Å². The highest BCUT2D eigenvalue weighted by molar-refractivity contribution is 5.53. The maximum atomic E-state index is 4.36. The Morgan fingerprint density at radius 2 is 1.53 bits per heavy atom. The van der Waals surface area contributed by atoms with Gasteiger partial charge in [-0.1, -0.05) is 164 Å². The summed E-state index contributed by atoms with van der Waals surface area (Å²) in [6.45, 7) is 28.6. The zero-order valence-corrected chi connectivity index (χ0v) is 31.7. The van der Waals surface area contributed by atoms with Crippen LogP contribution < -0.4 is 0 Å². The molecule has 0 fully saturated rings. The average Bonchev–Trinajstić information content (AvgIpc) is 3.41. The second-order valence-corrected chi connectivity index (χ2v) is 13.7. The normalized spacial score (nSPS) is 17.3. The third kappa shape index (κ3) is 11.3. The molecule has 2 unspecified atom stereocenters. The molecule has 2 aromatic rings. The Morgan fingerprint density at radius 1 is 0.894 bits per heavy atom. The van der Waals surface area contributed by atoms with Crippen molar-refractivity contribution in [1.29, 1.82) is 0 Å². The summed E-state index contributed by atoms with van der Waals surface area (Å²) < 4.78 is 0. The highest BCUT2D eigenvalue weighted by atomic mass is 15.2. The summed E-state index contributed by atoms with van der Waals surface area (Å²) >= 11 is 0. The highest BCUT2D eigenvalue weighted by Gasteiger charge is 2.37. The molecule has 2 atom stereocenters. The van der Waals surface area contributed by atoms with E-state index in [0.29, 0.717) is 6.04 Å². The molecule has 0 radical (unpaired) electrons. The van der Waals surface area contributed by atoms with Crippen molar-refractivity contribution in [2.24, 2.45) is 5.92 Å². The number of allylic oxidation sites excluding steroid dienone is 8. The van der Waals surface area contributed by atoms with Gasteiger partial charge in [-0.25, -0.2) is 0 Å². The maximum absolute atomic E-state index is 4.36. The lowest BCUT2D eigenvalue weighted by Crippen LogP contribution is -2.31. The van der Waals surface area contributed by atoms with E-state index in [0.717, 1.165) is 38.1 Å². The summed E-state index contributed by atoms with van der Waals surface area (Å²) in [5, 5.41) is 0. The van der Waals surface area contributed by atoms with Crippen LogP contribution in [0.4, 0.5) is 0 Å². The van der Waals surface area contributed by atoms with E-state index in [1.165, 1.54) is 90.5 Å². The SMILES string of the molecule is C=C(C)C(CCC)(C1=CCCC=C1C)c1ccccc1.C=C/C(=C\CC)C(CCC)CCC.CCCCN1Cc2ccccc2C1C. The molecule has 258 valence electrons. The molecule has 0 N–H and O–H groups in total. The minimum atomic E-state index is -0.0169. The van der Waals surface area contributed by atoms with Crippen molar-refractivity contribution in [3.05, 3.63) is 131 Å². The van der Waals surface area contributed by atoms with E-state index in [9.17, 15) is 0 Å². The van der Waals surface area contributed by atoms with E-state index in [-0.39, 0.29) is 5.41 Å². The second kappa shape index (κ2) is 21.9. The van der Waals surface area contributed by atoms with Crippen LogP contribution in [0.5, 0.6) is 0 Å². The lowest BCUT2D eigenvalue weighted by molar-refractivity contribution is 0.226. The largest absolute Gasteiger partial charge is 0.292 e. The fraction of sp³-hybridized carbons (Fsp3) is 0.522. The van der Waals surface area contributed by atoms with Crippen molar-refractivity contribution in [2.75, 3.05) is 6.54 Å². The quantitative estimate of drug-likeness (QED) is 0.139. The first kappa shape index (κ1) is 40.3. The van der Waals surface area contributed by atoms with Gasteiger partial charge < -0.3 is 0 Å². The molecule has 2 aliphatic rings. The minimum absolute atomic E-state index is 0.0169. The molecule has 1 aliphatic carbocycles. The van der Waals surface area contributed by atoms with Crippen LogP contribution in [-0.4, -0.2) is 11.4 Å². The highest BCUT2D eigenvalue weighted by Crippen LogP contribution is 2.46. The van der Waals surface area contributed by atoms with Crippen molar-refractivity contribution in [3.8, 4) is 0 Å². The van der Waals surface area contributed by atoms with Crippen LogP contribution in [0, 0.1) is 5.92 Å². The number of fused-ring (bicyclic) bond motifs is 1. The van der Waals surface area contributed by atoms with Crippen LogP contribution in [-0.2, 0) is 12.0 Å². The summed E-state index contributed by atoms with van der Waals surface area (Å²) in [6, 6.07) is 20.3. The summed E-state index contributed by atoms with van der Waals surface area (Å²) in [5.74, 6) is 0.757. The van der Waals surface area contributed by atoms with Crippen molar-refractivity contribution >= 4 is 0 Å². The summed E-state index contributed by atoms with van der Waals surface area (Å²) in [4.78, 5) is 2.58. The summed E-state index contributed by atoms with van der Waals surface area (Å²) in [6.07, 6.45) is 22.7. The molecule has 0 amide bonds. The van der Waals surface area contributed by atoms with Gasteiger partial charge in [0.05, 0.1) is 0 Å². The van der Waals surface area contributed by atoms with Gasteiger partial charge in [0, 0.05) is 18.0 Å². The van der Waals surface area contributed by atoms with Crippen molar-refractivity contribution in [1.82, 2.24) is 4.90 Å². The molecule has 4 rings (SSSR count). The number of hydrogen-bond donors (Lipinski definition) is 0. The van der Waals surface area contributed by atoms with E-state index in [1.807, 2.05) is 6.08 Å². The van der Waals surface area contributed by atoms with Crippen LogP contribution in [0.3, 0.4) is 0 Å². The summed E-state index contributed by atoms with van der Waals surface area (Å²) in [5.41, 5.74) is 10.0. The molecule has 1 heteroatoms. The van der Waals surface area contributed by atoms with Crippen LogP contribution in [0.2, 0.25) is 0 Å². The predicted molar refractivity (Wildman–Crippen MR) is 211 cm³/mol. The third-order valence-corrected chi connectivity index (χ3v) is 10.1. The van der Waals surface area contributed by atoms with Crippen molar-refractivity contribution in [3.63, 3.8) is 0 Å². The van der Waals surface area contributed by atoms with E-state index in [4.69, 9.17) is 0 Å². The molecule has 0 bridgehead atoms. The van der Waals surface area contributed by atoms with Gasteiger partial charge in [-0.05, 0) is 106 Å². The predicted octanol–water partition coefficient (Wildman–Crippen LogP) is 14.1. The number of benzene rings is 2. The Hall–Kier alpha value is -2.90. The Kier molecular flexibility index (Phi) is 18.7. The topological polar surface area (TPSA) is 3.24 Å². The lowest BCUT2D eigenvalue weighted by Gasteiger charge is -2.39. The third-order valence-electron chi connectivity index (χ3n) is 10.1. The molecular weight excluding hydrogens is 567 g/mol. The monoisotopic (exact) mass is 636 g/mol. The molecule has 1 aliphatic heterocycles. The van der Waals surface area contributed by atoms with E-state index < -0.39 is 0 Å². The summed E-state index contributed by atoms with van der Waals surface area (Å²) in [7, 11) is 0. The van der Waals surface area contributed by atoms with Gasteiger partial charge in [-0.3, -0.25) is 4.90 Å². The molecule has 0 saturated heterocycles. The van der Waals surface area contributed by atoms with Crippen molar-refractivity contribution in [2.45, 2.75) is 144 Å². The van der Waals surface area contributed by atoms with Crippen LogP contribution >= 0.6 is 0 Å². The van der Waals surface area contributed by atoms with Gasteiger partial charge in [-0.2, -0.15) is 0 Å². The Morgan fingerprint density at radius 3 is 2.06 bits per heavy atom. The second-order valence-electron chi connectivity index (χ2n) is 13.7. The number of nitrogens with zero attached hydrogens (tertiary/aromatic N) is 1. The van der Waals surface area contributed by atoms with Gasteiger partial charge in [0.15, 0.2) is 0 Å². The van der Waals surface area contributed by atoms with Crippen LogP contribution in [0.25, 0.3) is 0 Å². The van der Waals surface area contributed by atoms with Gasteiger partial charge in [0.25, 0.3) is 0 Å². The maximum Gasteiger partial charge on any atom is 0.0405 e. The Bertz CT molecular complexity index is 1290. The number of hydrogen-bond acceptors (Lipinski definition) is 1. The molecule has 47 heavy (non-hydrogen) atoms. The average molecular weight is 636 g/mol. The smallest absolute Gasteiger partial charge is 0.0405 e. The molecule has 0 saturated carbocycles. The van der Waals surface area contributed by atoms with Crippen molar-refractivity contribution < 1.29 is 0 Å². The Labute approximate surface area is 291 Å². The van der Waals surface area contributed by atoms with Gasteiger partial charge in [-0.15, -0.1) is 0 Å². The van der Waals surface area contributed by atoms with Gasteiger partial charge >= 0.3 is 0 Å². The lowest BCUT2D eigenvalue weighted by atomic mass is 9.64. The minimum Gasteiger partial charge on any atom is -0.292 e. The van der Waals surface area contributed by atoms with Gasteiger partial charge in [0.1, 0.15) is 0 Å². The Balaban J connectivity index is 0.000000254. The van der Waals surface area contributed by atoms with E-state index in [1.54, 1.807) is 0 Å². The van der Waals surface area contributed by atoms with E-state index >= 15 is 0 Å². The first-order valence-corrected chi connectivity index (χ1v) is 19.0. The number of unbranched alkanes of at least 4 members (excludes halogenated alkanes) is 1. The fourth-order valence-electron chi connectivity index (χ4n) is 7.63. The standard InChI is InChI=1S/C20H26.C13H19N.C13H24/c1-5-15-20(16(2)3,18-12-7-6-8-13-18)19-14-10-9-11-17(19)4;1-3-4-9-14-10-12-7-5-6-8-13(12)11(14)2;1-5-9-12(8-4)13(10-6-2)11-7-3/h6-8,11-14H,2,5,9-10,15H2,1,3-4H3;5-8,11H,3-4,9-10H2,1-2H3;8-9,13H,4-7,10-11H2,1-3H3/b;;12-9+. The zero-order chi connectivity index (χ0) is 34.7. The molecule has 0 aromatic heterocycles. The molecule has 1 nitrogen and oxygen atoms in total. The number of rotatable bonds is 15.